The van der Waals surface area contributed by atoms with Crippen molar-refractivity contribution in [2.24, 2.45) is 7.05 Å². The van der Waals surface area contributed by atoms with Crippen molar-refractivity contribution < 1.29 is 28.2 Å². The molecule has 3 amide bonds. The molecular weight excluding hydrogens is 589 g/mol. The zero-order valence-corrected chi connectivity index (χ0v) is 24.6. The van der Waals surface area contributed by atoms with Crippen molar-refractivity contribution in [3.63, 3.8) is 0 Å². The van der Waals surface area contributed by atoms with Gasteiger partial charge in [0.15, 0.2) is 5.69 Å². The number of amides is 3. The number of anilines is 1. The lowest BCUT2D eigenvalue weighted by atomic mass is 10.0. The van der Waals surface area contributed by atoms with Crippen LogP contribution >= 0.6 is 11.6 Å². The maximum atomic E-state index is 14.7. The first-order valence-electron chi connectivity index (χ1n) is 14.1. The smallest absolute Gasteiger partial charge is 0.275 e. The molecule has 6 rings (SSSR count). The number of benzene rings is 3. The standard InChI is InChI=1S/C32H29ClFN5O5/c1-37-30-24-16-22(33)8-11-27(24)44-19-25(30)29(36-37)32(42)39(17-21-4-2-3-5-26(21)34)18-28(40)35-23-9-6-20(7-10-23)31(41)38-12-14-43-15-13-38/h2-11,16H,12-15,17-19H2,1H3,(H,35,40). The van der Waals surface area contributed by atoms with E-state index in [-0.39, 0.29) is 36.9 Å². The Morgan fingerprint density at radius 3 is 2.55 bits per heavy atom. The van der Waals surface area contributed by atoms with Crippen molar-refractivity contribution in [2.75, 3.05) is 38.2 Å². The lowest BCUT2D eigenvalue weighted by Gasteiger charge is -2.27. The zero-order valence-electron chi connectivity index (χ0n) is 23.9. The molecule has 3 heterocycles. The number of hydrogen-bond acceptors (Lipinski definition) is 6. The summed E-state index contributed by atoms with van der Waals surface area (Å²) in [6, 6.07) is 17.8. The molecule has 2 aliphatic rings. The van der Waals surface area contributed by atoms with Crippen molar-refractivity contribution in [2.45, 2.75) is 13.2 Å². The average molecular weight is 618 g/mol. The van der Waals surface area contributed by atoms with E-state index in [1.807, 2.05) is 0 Å². The molecule has 12 heteroatoms. The van der Waals surface area contributed by atoms with Crippen LogP contribution in [0.4, 0.5) is 10.1 Å². The average Bonchev–Trinajstić information content (AvgIpc) is 3.38. The van der Waals surface area contributed by atoms with Gasteiger partial charge >= 0.3 is 0 Å². The van der Waals surface area contributed by atoms with Gasteiger partial charge < -0.3 is 24.6 Å². The van der Waals surface area contributed by atoms with Crippen LogP contribution in [-0.2, 0) is 29.7 Å². The molecule has 0 bridgehead atoms. The Kier molecular flexibility index (Phi) is 8.32. The van der Waals surface area contributed by atoms with Gasteiger partial charge in [0, 0.05) is 59.6 Å². The van der Waals surface area contributed by atoms with E-state index in [0.717, 1.165) is 0 Å². The normalized spacial score (nSPS) is 13.8. The van der Waals surface area contributed by atoms with Crippen molar-refractivity contribution in [3.8, 4) is 17.0 Å². The highest BCUT2D eigenvalue weighted by Crippen LogP contribution is 2.40. The van der Waals surface area contributed by atoms with Crippen LogP contribution in [0.3, 0.4) is 0 Å². The Balaban J connectivity index is 1.23. The molecule has 1 fully saturated rings. The minimum Gasteiger partial charge on any atom is -0.488 e. The number of hydrogen-bond donors (Lipinski definition) is 1. The second kappa shape index (κ2) is 12.5. The third kappa shape index (κ3) is 6.01. The van der Waals surface area contributed by atoms with Gasteiger partial charge in [-0.25, -0.2) is 4.39 Å². The number of rotatable bonds is 7. The highest BCUT2D eigenvalue weighted by molar-refractivity contribution is 6.31. The lowest BCUT2D eigenvalue weighted by molar-refractivity contribution is -0.117. The van der Waals surface area contributed by atoms with Crippen LogP contribution < -0.4 is 10.1 Å². The molecule has 0 unspecified atom stereocenters. The van der Waals surface area contributed by atoms with Crippen LogP contribution in [-0.4, -0.2) is 70.1 Å². The van der Waals surface area contributed by atoms with Gasteiger partial charge in [-0.2, -0.15) is 5.10 Å². The minimum absolute atomic E-state index is 0.0914. The van der Waals surface area contributed by atoms with Crippen LogP contribution in [0.15, 0.2) is 66.7 Å². The fraction of sp³-hybridized carbons (Fsp3) is 0.250. The number of ether oxygens (including phenoxy) is 2. The van der Waals surface area contributed by atoms with Gasteiger partial charge in [-0.1, -0.05) is 29.8 Å². The van der Waals surface area contributed by atoms with Gasteiger partial charge in [0.05, 0.1) is 18.9 Å². The Bertz CT molecular complexity index is 1740. The number of halogens is 2. The Hall–Kier alpha value is -4.74. The van der Waals surface area contributed by atoms with E-state index in [4.69, 9.17) is 21.1 Å². The molecule has 1 saturated heterocycles. The van der Waals surface area contributed by atoms with Crippen LogP contribution in [0.5, 0.6) is 5.75 Å². The largest absolute Gasteiger partial charge is 0.488 e. The van der Waals surface area contributed by atoms with Gasteiger partial charge in [-0.3, -0.25) is 19.1 Å². The second-order valence-electron chi connectivity index (χ2n) is 10.5. The van der Waals surface area contributed by atoms with Gasteiger partial charge in [0.2, 0.25) is 5.91 Å². The van der Waals surface area contributed by atoms with Crippen molar-refractivity contribution in [3.05, 3.63) is 100.0 Å². The highest BCUT2D eigenvalue weighted by atomic mass is 35.5. The topological polar surface area (TPSA) is 106 Å². The second-order valence-corrected chi connectivity index (χ2v) is 10.9. The van der Waals surface area contributed by atoms with E-state index in [9.17, 15) is 18.8 Å². The SMILES string of the molecule is Cn1nc(C(=O)N(CC(=O)Nc2ccc(C(=O)N3CCOCC3)cc2)Cc2ccccc2F)c2c1-c1cc(Cl)ccc1OC2. The van der Waals surface area contributed by atoms with Gasteiger partial charge in [0.1, 0.15) is 24.7 Å². The van der Waals surface area contributed by atoms with E-state index < -0.39 is 17.6 Å². The first kappa shape index (κ1) is 29.3. The first-order chi connectivity index (χ1) is 21.3. The monoisotopic (exact) mass is 617 g/mol. The quantitative estimate of drug-likeness (QED) is 0.327. The number of carbonyl (C=O) groups is 3. The molecule has 2 aliphatic heterocycles. The summed E-state index contributed by atoms with van der Waals surface area (Å²) in [6.45, 7) is 1.59. The maximum absolute atomic E-state index is 14.7. The summed E-state index contributed by atoms with van der Waals surface area (Å²) in [4.78, 5) is 43.0. The summed E-state index contributed by atoms with van der Waals surface area (Å²) >= 11 is 6.24. The summed E-state index contributed by atoms with van der Waals surface area (Å²) in [7, 11) is 1.72. The molecule has 10 nitrogen and oxygen atoms in total. The first-order valence-corrected chi connectivity index (χ1v) is 14.4. The maximum Gasteiger partial charge on any atom is 0.275 e. The number of nitrogens with one attached hydrogen (secondary N) is 1. The molecule has 1 aromatic heterocycles. The van der Waals surface area contributed by atoms with Crippen molar-refractivity contribution in [1.82, 2.24) is 19.6 Å². The Morgan fingerprint density at radius 2 is 1.80 bits per heavy atom. The molecule has 0 atom stereocenters. The Labute approximate surface area is 257 Å². The van der Waals surface area contributed by atoms with E-state index in [2.05, 4.69) is 10.4 Å². The predicted molar refractivity (Wildman–Crippen MR) is 161 cm³/mol. The highest BCUT2D eigenvalue weighted by Gasteiger charge is 2.32. The molecule has 226 valence electrons. The molecule has 0 spiro atoms. The minimum atomic E-state index is -0.555. The number of nitrogens with zero attached hydrogens (tertiary/aromatic N) is 4. The van der Waals surface area contributed by atoms with Gasteiger partial charge in [0.25, 0.3) is 11.8 Å². The van der Waals surface area contributed by atoms with Gasteiger partial charge in [-0.15, -0.1) is 0 Å². The predicted octanol–water partition coefficient (Wildman–Crippen LogP) is 4.53. The van der Waals surface area contributed by atoms with E-state index in [1.165, 1.54) is 11.0 Å². The summed E-state index contributed by atoms with van der Waals surface area (Å²) in [5, 5.41) is 7.78. The zero-order chi connectivity index (χ0) is 30.8. The summed E-state index contributed by atoms with van der Waals surface area (Å²) in [5.41, 5.74) is 3.21. The molecule has 3 aromatic carbocycles. The Morgan fingerprint density at radius 1 is 1.05 bits per heavy atom. The third-order valence-corrected chi connectivity index (χ3v) is 7.81. The van der Waals surface area contributed by atoms with E-state index in [1.54, 1.807) is 77.3 Å². The van der Waals surface area contributed by atoms with Crippen LogP contribution in [0.2, 0.25) is 5.02 Å². The summed E-state index contributed by atoms with van der Waals surface area (Å²) in [5.74, 6) is -1.05. The number of aryl methyl sites for hydroxylation is 1. The molecule has 1 N–H and O–H groups in total. The summed E-state index contributed by atoms with van der Waals surface area (Å²) < 4.78 is 27.5. The lowest BCUT2D eigenvalue weighted by Crippen LogP contribution is -2.40. The molecule has 4 aromatic rings. The van der Waals surface area contributed by atoms with Crippen molar-refractivity contribution in [1.29, 1.82) is 0 Å². The van der Waals surface area contributed by atoms with Crippen LogP contribution in [0, 0.1) is 5.82 Å². The molecular formula is C32H29ClFN5O5. The fourth-order valence-electron chi connectivity index (χ4n) is 5.38. The fourth-order valence-corrected chi connectivity index (χ4v) is 5.55. The number of fused-ring (bicyclic) bond motifs is 3. The van der Waals surface area contributed by atoms with Crippen molar-refractivity contribution >= 4 is 35.0 Å². The number of carbonyl (C=O) groups excluding carboxylic acids is 3. The molecule has 0 aliphatic carbocycles. The third-order valence-electron chi connectivity index (χ3n) is 7.57. The van der Waals surface area contributed by atoms with E-state index in [0.29, 0.717) is 65.1 Å². The van der Waals surface area contributed by atoms with E-state index >= 15 is 0 Å². The van der Waals surface area contributed by atoms with Crippen LogP contribution in [0.1, 0.15) is 32.0 Å². The van der Waals surface area contributed by atoms with Gasteiger partial charge in [-0.05, 0) is 48.5 Å². The number of morpholine rings is 1. The molecule has 0 radical (unpaired) electrons. The molecule has 44 heavy (non-hydrogen) atoms. The van der Waals surface area contributed by atoms with Crippen LogP contribution in [0.25, 0.3) is 11.3 Å². The summed E-state index contributed by atoms with van der Waals surface area (Å²) in [6.07, 6.45) is 0. The number of aromatic nitrogens is 2. The molecule has 0 saturated carbocycles.